The fourth-order valence-corrected chi connectivity index (χ4v) is 0.667. The minimum absolute atomic E-state index is 0.866. The third-order valence-corrected chi connectivity index (χ3v) is 1.19. The number of hydrogen-bond donors (Lipinski definition) is 2. The van der Waals surface area contributed by atoms with E-state index in [0.29, 0.717) is 0 Å². The van der Waals surface area contributed by atoms with Crippen LogP contribution in [0, 0.1) is 0 Å². The van der Waals surface area contributed by atoms with Crippen molar-refractivity contribution in [2.24, 2.45) is 0 Å². The van der Waals surface area contributed by atoms with Gasteiger partial charge in [-0.25, -0.2) is 18.4 Å². The number of carbonyl (C=O) groups is 2. The van der Waals surface area contributed by atoms with Gasteiger partial charge in [0.05, 0.1) is 0 Å². The average Bonchev–Trinajstić information content (AvgIpc) is 1.95. The first-order valence-corrected chi connectivity index (χ1v) is 4.14. The van der Waals surface area contributed by atoms with Crippen molar-refractivity contribution in [3.63, 3.8) is 0 Å². The summed E-state index contributed by atoms with van der Waals surface area (Å²) in [5.74, 6) is -1.81. The van der Waals surface area contributed by atoms with Crippen molar-refractivity contribution >= 4 is 12.1 Å². The Morgan fingerprint density at radius 1 is 1.33 bits per heavy atom. The second-order valence-electron chi connectivity index (χ2n) is 3.80. The van der Waals surface area contributed by atoms with Crippen LogP contribution in [-0.2, 0) is 9.53 Å². The molecule has 0 spiro atoms. The Bertz CT molecular complexity index is 250. The molecule has 5 nitrogen and oxygen atoms in total. The van der Waals surface area contributed by atoms with E-state index in [4.69, 9.17) is 5.11 Å². The summed E-state index contributed by atoms with van der Waals surface area (Å²) in [6.07, 6.45) is -4.37. The molecular weight excluding hydrogens is 212 g/mol. The van der Waals surface area contributed by atoms with Gasteiger partial charge >= 0.3 is 12.1 Å². The van der Waals surface area contributed by atoms with Crippen molar-refractivity contribution in [1.82, 2.24) is 5.32 Å². The van der Waals surface area contributed by atoms with Crippen LogP contribution in [-0.4, -0.2) is 35.2 Å². The van der Waals surface area contributed by atoms with E-state index in [-0.39, 0.29) is 0 Å². The summed E-state index contributed by atoms with van der Waals surface area (Å²) < 4.78 is 28.8. The van der Waals surface area contributed by atoms with Gasteiger partial charge in [-0.1, -0.05) is 0 Å². The van der Waals surface area contributed by atoms with Gasteiger partial charge in [-0.05, 0) is 20.8 Å². The molecule has 0 fully saturated rings. The maximum atomic E-state index is 12.1. The second-order valence-corrected chi connectivity index (χ2v) is 3.80. The number of amides is 1. The van der Waals surface area contributed by atoms with Gasteiger partial charge in [0.25, 0.3) is 6.43 Å². The lowest BCUT2D eigenvalue weighted by Crippen LogP contribution is -2.47. The molecule has 0 rings (SSSR count). The van der Waals surface area contributed by atoms with Gasteiger partial charge < -0.3 is 15.2 Å². The number of alkyl carbamates (subject to hydrolysis) is 1. The van der Waals surface area contributed by atoms with E-state index in [1.807, 2.05) is 0 Å². The van der Waals surface area contributed by atoms with E-state index in [9.17, 15) is 18.4 Å². The molecule has 15 heavy (non-hydrogen) atoms. The molecule has 1 atom stereocenters. The molecule has 1 amide bonds. The van der Waals surface area contributed by atoms with E-state index >= 15 is 0 Å². The molecule has 0 heterocycles. The summed E-state index contributed by atoms with van der Waals surface area (Å²) in [6.45, 7) is 4.60. The third kappa shape index (κ3) is 5.82. The zero-order valence-corrected chi connectivity index (χ0v) is 8.58. The monoisotopic (exact) mass is 225 g/mol. The van der Waals surface area contributed by atoms with Crippen LogP contribution in [0.25, 0.3) is 0 Å². The highest BCUT2D eigenvalue weighted by Gasteiger charge is 2.31. The molecule has 0 saturated heterocycles. The molecule has 7 heteroatoms. The lowest BCUT2D eigenvalue weighted by molar-refractivity contribution is -0.143. The Kier molecular flexibility index (Phi) is 4.44. The van der Waals surface area contributed by atoms with E-state index in [2.05, 4.69) is 4.74 Å². The lowest BCUT2D eigenvalue weighted by atomic mass is 10.2. The van der Waals surface area contributed by atoms with Crippen LogP contribution in [0.15, 0.2) is 0 Å². The minimum atomic E-state index is -3.19. The molecule has 0 saturated carbocycles. The van der Waals surface area contributed by atoms with Crippen LogP contribution >= 0.6 is 0 Å². The first-order chi connectivity index (χ1) is 6.63. The Labute approximate surface area is 85.4 Å². The molecule has 0 aliphatic carbocycles. The molecule has 2 N–H and O–H groups in total. The van der Waals surface area contributed by atoms with Gasteiger partial charge in [0.1, 0.15) is 5.60 Å². The van der Waals surface area contributed by atoms with Gasteiger partial charge in [-0.2, -0.15) is 0 Å². The highest BCUT2D eigenvalue weighted by Crippen LogP contribution is 2.08. The minimum Gasteiger partial charge on any atom is -0.480 e. The predicted octanol–water partition coefficient (Wildman–Crippen LogP) is 1.23. The molecule has 0 bridgehead atoms. The smallest absolute Gasteiger partial charge is 0.408 e. The summed E-state index contributed by atoms with van der Waals surface area (Å²) in [5, 5.41) is 9.90. The Balaban J connectivity index is 4.31. The van der Waals surface area contributed by atoms with Crippen molar-refractivity contribution in [1.29, 1.82) is 0 Å². The molecule has 0 aliphatic rings. The van der Waals surface area contributed by atoms with Crippen molar-refractivity contribution < 1.29 is 28.2 Å². The molecule has 0 aromatic heterocycles. The second kappa shape index (κ2) is 4.90. The average molecular weight is 225 g/mol. The Hall–Kier alpha value is -1.40. The van der Waals surface area contributed by atoms with E-state index in [0.717, 1.165) is 0 Å². The van der Waals surface area contributed by atoms with E-state index in [1.165, 1.54) is 20.8 Å². The molecule has 1 unspecified atom stereocenters. The van der Waals surface area contributed by atoms with Crippen LogP contribution in [0.1, 0.15) is 20.8 Å². The normalized spacial score (nSPS) is 13.5. The highest BCUT2D eigenvalue weighted by atomic mass is 19.3. The molecule has 0 aliphatic heterocycles. The summed E-state index contributed by atoms with van der Waals surface area (Å²) in [4.78, 5) is 21.2. The van der Waals surface area contributed by atoms with Gasteiger partial charge in [-0.3, -0.25) is 0 Å². The molecule has 88 valence electrons. The van der Waals surface area contributed by atoms with Crippen LogP contribution in [0.3, 0.4) is 0 Å². The number of carboxylic acids is 1. The third-order valence-electron chi connectivity index (χ3n) is 1.19. The topological polar surface area (TPSA) is 75.6 Å². The van der Waals surface area contributed by atoms with Gasteiger partial charge in [-0.15, -0.1) is 0 Å². The largest absolute Gasteiger partial charge is 0.480 e. The maximum absolute atomic E-state index is 12.1. The van der Waals surface area contributed by atoms with Crippen LogP contribution in [0.5, 0.6) is 0 Å². The first kappa shape index (κ1) is 13.6. The van der Waals surface area contributed by atoms with Gasteiger partial charge in [0.15, 0.2) is 6.04 Å². The quantitative estimate of drug-likeness (QED) is 0.757. The zero-order valence-electron chi connectivity index (χ0n) is 8.58. The molecule has 0 aromatic carbocycles. The maximum Gasteiger partial charge on any atom is 0.408 e. The van der Waals surface area contributed by atoms with Crippen LogP contribution in [0.4, 0.5) is 13.6 Å². The van der Waals surface area contributed by atoms with Crippen LogP contribution in [0.2, 0.25) is 0 Å². The number of aliphatic carboxylic acids is 1. The Morgan fingerprint density at radius 2 is 1.80 bits per heavy atom. The molecular formula is C8H13F2NO4. The molecule has 0 aromatic rings. The van der Waals surface area contributed by atoms with Crippen molar-refractivity contribution in [3.8, 4) is 0 Å². The standard InChI is InChI=1S/C8H13F2NO4/c1-8(2,3)15-7(14)11-4(5(9)10)6(12)13/h4-5H,1-3H3,(H,11,14)(H,12,13). The van der Waals surface area contributed by atoms with Gasteiger partial charge in [0.2, 0.25) is 0 Å². The predicted molar refractivity (Wildman–Crippen MR) is 46.8 cm³/mol. The molecule has 0 radical (unpaired) electrons. The van der Waals surface area contributed by atoms with Crippen molar-refractivity contribution in [2.75, 3.05) is 0 Å². The van der Waals surface area contributed by atoms with Gasteiger partial charge in [0, 0.05) is 0 Å². The first-order valence-electron chi connectivity index (χ1n) is 4.14. The number of hydrogen-bond acceptors (Lipinski definition) is 3. The summed E-state index contributed by atoms with van der Waals surface area (Å²) in [6, 6.07) is -2.25. The lowest BCUT2D eigenvalue weighted by Gasteiger charge is -2.21. The van der Waals surface area contributed by atoms with Crippen molar-refractivity contribution in [3.05, 3.63) is 0 Å². The number of halogens is 2. The number of nitrogens with one attached hydrogen (secondary N) is 1. The fraction of sp³-hybridized carbons (Fsp3) is 0.750. The number of alkyl halides is 2. The SMILES string of the molecule is CC(C)(C)OC(=O)NC(C(=O)O)C(F)F. The number of ether oxygens (including phenoxy) is 1. The summed E-state index contributed by atoms with van der Waals surface area (Å²) in [7, 11) is 0. The number of rotatable bonds is 3. The number of carbonyl (C=O) groups excluding carboxylic acids is 1. The highest BCUT2D eigenvalue weighted by molar-refractivity contribution is 5.80. The summed E-state index contributed by atoms with van der Waals surface area (Å²) in [5.41, 5.74) is -0.866. The van der Waals surface area contributed by atoms with E-state index in [1.54, 1.807) is 5.32 Å². The zero-order chi connectivity index (χ0) is 12.2. The fourth-order valence-electron chi connectivity index (χ4n) is 0.667. The van der Waals surface area contributed by atoms with Crippen molar-refractivity contribution in [2.45, 2.75) is 38.8 Å². The Morgan fingerprint density at radius 3 is 2.07 bits per heavy atom. The van der Waals surface area contributed by atoms with Crippen LogP contribution < -0.4 is 5.32 Å². The van der Waals surface area contributed by atoms with E-state index < -0.39 is 30.1 Å². The summed E-state index contributed by atoms with van der Waals surface area (Å²) >= 11 is 0. The number of carboxylic acid groups (broad SMARTS) is 1.